The molecule has 1 N–H and O–H groups in total. The van der Waals surface area contributed by atoms with Crippen LogP contribution in [0.1, 0.15) is 10.4 Å². The Kier molecular flexibility index (Phi) is 2.52. The standard InChI is InChI=1S/C11H9N5OS/c1-16-4-7(2-14-16)15-10(17)9-5-18-11-8(9)3-12-6-13-11/h2-6H,1H3,(H,15,17). The minimum Gasteiger partial charge on any atom is -0.319 e. The number of hydrogen-bond donors (Lipinski definition) is 1. The maximum absolute atomic E-state index is 12.1. The minimum atomic E-state index is -0.177. The van der Waals surface area contributed by atoms with E-state index in [1.54, 1.807) is 35.7 Å². The van der Waals surface area contributed by atoms with Gasteiger partial charge in [0.25, 0.3) is 5.91 Å². The maximum atomic E-state index is 12.1. The molecule has 0 saturated heterocycles. The third-order valence-electron chi connectivity index (χ3n) is 2.46. The van der Waals surface area contributed by atoms with Gasteiger partial charge in [-0.3, -0.25) is 9.48 Å². The summed E-state index contributed by atoms with van der Waals surface area (Å²) >= 11 is 1.43. The fourth-order valence-corrected chi connectivity index (χ4v) is 2.50. The maximum Gasteiger partial charge on any atom is 0.257 e. The molecule has 3 aromatic heterocycles. The summed E-state index contributed by atoms with van der Waals surface area (Å²) in [6, 6.07) is 0. The second-order valence-corrected chi connectivity index (χ2v) is 4.61. The number of thiophene rings is 1. The summed E-state index contributed by atoms with van der Waals surface area (Å²) in [7, 11) is 1.80. The quantitative estimate of drug-likeness (QED) is 0.760. The molecule has 3 rings (SSSR count). The number of carbonyl (C=O) groups is 1. The number of rotatable bonds is 2. The third kappa shape index (κ3) is 1.84. The van der Waals surface area contributed by atoms with Crippen LogP contribution in [0.2, 0.25) is 0 Å². The number of carbonyl (C=O) groups excluding carboxylic acids is 1. The van der Waals surface area contributed by atoms with Crippen molar-refractivity contribution in [3.63, 3.8) is 0 Å². The van der Waals surface area contributed by atoms with Gasteiger partial charge in [0.15, 0.2) is 0 Å². The summed E-state index contributed by atoms with van der Waals surface area (Å²) in [5.41, 5.74) is 1.25. The van der Waals surface area contributed by atoms with Crippen LogP contribution in [0.3, 0.4) is 0 Å². The van der Waals surface area contributed by atoms with Crippen LogP contribution in [0.5, 0.6) is 0 Å². The average Bonchev–Trinajstić information content (AvgIpc) is 2.95. The van der Waals surface area contributed by atoms with Crippen molar-refractivity contribution in [1.82, 2.24) is 19.7 Å². The molecule has 0 unspecified atom stereocenters. The lowest BCUT2D eigenvalue weighted by atomic mass is 10.2. The lowest BCUT2D eigenvalue weighted by molar-refractivity contribution is 0.102. The number of aryl methyl sites for hydroxylation is 1. The molecule has 3 heterocycles. The van der Waals surface area contributed by atoms with Gasteiger partial charge in [-0.15, -0.1) is 11.3 Å². The highest BCUT2D eigenvalue weighted by atomic mass is 32.1. The molecular weight excluding hydrogens is 250 g/mol. The average molecular weight is 259 g/mol. The van der Waals surface area contributed by atoms with E-state index >= 15 is 0 Å². The summed E-state index contributed by atoms with van der Waals surface area (Å²) in [4.78, 5) is 21.0. The van der Waals surface area contributed by atoms with Crippen molar-refractivity contribution in [2.45, 2.75) is 0 Å². The third-order valence-corrected chi connectivity index (χ3v) is 3.36. The Morgan fingerprint density at radius 3 is 3.11 bits per heavy atom. The summed E-state index contributed by atoms with van der Waals surface area (Å²) in [5.74, 6) is -0.177. The molecule has 18 heavy (non-hydrogen) atoms. The molecule has 90 valence electrons. The van der Waals surface area contributed by atoms with Crippen molar-refractivity contribution in [3.8, 4) is 0 Å². The van der Waals surface area contributed by atoms with Gasteiger partial charge in [0.1, 0.15) is 11.2 Å². The Morgan fingerprint density at radius 2 is 2.33 bits per heavy atom. The molecular formula is C11H9N5OS. The molecule has 6 nitrogen and oxygen atoms in total. The molecule has 0 bridgehead atoms. The normalized spacial score (nSPS) is 10.7. The number of nitrogens with zero attached hydrogens (tertiary/aromatic N) is 4. The van der Waals surface area contributed by atoms with Crippen molar-refractivity contribution in [3.05, 3.63) is 35.9 Å². The lowest BCUT2D eigenvalue weighted by Gasteiger charge is -2.00. The highest BCUT2D eigenvalue weighted by Gasteiger charge is 2.13. The Labute approximate surface area is 106 Å². The predicted octanol–water partition coefficient (Wildman–Crippen LogP) is 1.68. The van der Waals surface area contributed by atoms with Crippen molar-refractivity contribution in [1.29, 1.82) is 0 Å². The van der Waals surface area contributed by atoms with Crippen molar-refractivity contribution < 1.29 is 4.79 Å². The zero-order valence-corrected chi connectivity index (χ0v) is 10.3. The van der Waals surface area contributed by atoms with Crippen LogP contribution < -0.4 is 5.32 Å². The first kappa shape index (κ1) is 10.8. The van der Waals surface area contributed by atoms with Crippen LogP contribution in [0, 0.1) is 0 Å². The first-order chi connectivity index (χ1) is 8.74. The molecule has 0 aliphatic carbocycles. The van der Waals surface area contributed by atoms with Crippen LogP contribution in [-0.2, 0) is 7.05 Å². The van der Waals surface area contributed by atoms with E-state index in [0.717, 1.165) is 10.2 Å². The summed E-state index contributed by atoms with van der Waals surface area (Å²) in [6.45, 7) is 0. The SMILES string of the molecule is Cn1cc(NC(=O)c2csc3ncncc23)cn1. The van der Waals surface area contributed by atoms with Crippen molar-refractivity contribution in [2.24, 2.45) is 7.05 Å². The number of anilines is 1. The number of hydrogen-bond acceptors (Lipinski definition) is 5. The monoisotopic (exact) mass is 259 g/mol. The summed E-state index contributed by atoms with van der Waals surface area (Å²) in [6.07, 6.45) is 6.46. The van der Waals surface area contributed by atoms with E-state index < -0.39 is 0 Å². The Morgan fingerprint density at radius 1 is 1.44 bits per heavy atom. The van der Waals surface area contributed by atoms with E-state index in [0.29, 0.717) is 11.3 Å². The molecule has 0 atom stereocenters. The molecule has 0 aliphatic rings. The second kappa shape index (κ2) is 4.19. The van der Waals surface area contributed by atoms with Crippen LogP contribution in [0.25, 0.3) is 10.2 Å². The van der Waals surface area contributed by atoms with Gasteiger partial charge >= 0.3 is 0 Å². The number of amides is 1. The number of nitrogens with one attached hydrogen (secondary N) is 1. The zero-order chi connectivity index (χ0) is 12.5. The zero-order valence-electron chi connectivity index (χ0n) is 9.49. The fourth-order valence-electron chi connectivity index (χ4n) is 1.64. The van der Waals surface area contributed by atoms with E-state index in [-0.39, 0.29) is 5.91 Å². The van der Waals surface area contributed by atoms with Gasteiger partial charge in [0.2, 0.25) is 0 Å². The van der Waals surface area contributed by atoms with Crippen LogP contribution in [0.15, 0.2) is 30.3 Å². The van der Waals surface area contributed by atoms with Crippen LogP contribution >= 0.6 is 11.3 Å². The van der Waals surface area contributed by atoms with Gasteiger partial charge in [-0.25, -0.2) is 9.97 Å². The number of aromatic nitrogens is 4. The van der Waals surface area contributed by atoms with Gasteiger partial charge in [-0.2, -0.15) is 5.10 Å². The highest BCUT2D eigenvalue weighted by molar-refractivity contribution is 7.17. The van der Waals surface area contributed by atoms with Crippen LogP contribution in [-0.4, -0.2) is 25.7 Å². The fraction of sp³-hybridized carbons (Fsp3) is 0.0909. The van der Waals surface area contributed by atoms with E-state index in [4.69, 9.17) is 0 Å². The van der Waals surface area contributed by atoms with Crippen LogP contribution in [0.4, 0.5) is 5.69 Å². The van der Waals surface area contributed by atoms with Gasteiger partial charge in [-0.1, -0.05) is 0 Å². The molecule has 0 saturated carbocycles. The smallest absolute Gasteiger partial charge is 0.257 e. The van der Waals surface area contributed by atoms with Gasteiger partial charge in [-0.05, 0) is 0 Å². The van der Waals surface area contributed by atoms with Crippen molar-refractivity contribution in [2.75, 3.05) is 5.32 Å². The first-order valence-corrected chi connectivity index (χ1v) is 6.09. The van der Waals surface area contributed by atoms with Gasteiger partial charge in [0, 0.05) is 30.2 Å². The largest absolute Gasteiger partial charge is 0.319 e. The number of fused-ring (bicyclic) bond motifs is 1. The molecule has 3 aromatic rings. The molecule has 0 aliphatic heterocycles. The van der Waals surface area contributed by atoms with E-state index in [9.17, 15) is 4.79 Å². The molecule has 0 aromatic carbocycles. The predicted molar refractivity (Wildman–Crippen MR) is 68.6 cm³/mol. The van der Waals surface area contributed by atoms with E-state index in [1.807, 2.05) is 0 Å². The molecule has 0 fully saturated rings. The molecule has 7 heteroatoms. The molecule has 1 amide bonds. The lowest BCUT2D eigenvalue weighted by Crippen LogP contribution is -2.10. The summed E-state index contributed by atoms with van der Waals surface area (Å²) < 4.78 is 1.63. The Hall–Kier alpha value is -2.28. The van der Waals surface area contributed by atoms with Gasteiger partial charge in [0.05, 0.1) is 17.4 Å². The second-order valence-electron chi connectivity index (χ2n) is 3.75. The minimum absolute atomic E-state index is 0.177. The Bertz CT molecular complexity index is 717. The van der Waals surface area contributed by atoms with E-state index in [2.05, 4.69) is 20.4 Å². The van der Waals surface area contributed by atoms with Crippen molar-refractivity contribution >= 4 is 33.1 Å². The highest BCUT2D eigenvalue weighted by Crippen LogP contribution is 2.23. The topological polar surface area (TPSA) is 72.7 Å². The summed E-state index contributed by atoms with van der Waals surface area (Å²) in [5, 5.41) is 9.33. The van der Waals surface area contributed by atoms with E-state index in [1.165, 1.54) is 17.7 Å². The molecule has 0 spiro atoms. The van der Waals surface area contributed by atoms with Gasteiger partial charge < -0.3 is 5.32 Å². The Balaban J connectivity index is 1.92. The first-order valence-electron chi connectivity index (χ1n) is 5.21. The molecule has 0 radical (unpaired) electrons.